The molecule has 0 bridgehead atoms. The van der Waals surface area contributed by atoms with Crippen LogP contribution in [0.1, 0.15) is 32.8 Å². The topological polar surface area (TPSA) is 60.5 Å². The average molecular weight is 266 g/mol. The van der Waals surface area contributed by atoms with Gasteiger partial charge in [-0.05, 0) is 33.3 Å². The van der Waals surface area contributed by atoms with Crippen molar-refractivity contribution in [2.45, 2.75) is 39.7 Å². The summed E-state index contributed by atoms with van der Waals surface area (Å²) in [4.78, 5) is 16.4. The second-order valence-corrected chi connectivity index (χ2v) is 4.52. The molecule has 0 saturated carbocycles. The minimum atomic E-state index is -0.817. The highest BCUT2D eigenvalue weighted by Gasteiger charge is 2.31. The third-order valence-corrected chi connectivity index (χ3v) is 3.10. The van der Waals surface area contributed by atoms with Gasteiger partial charge in [0, 0.05) is 12.2 Å². The first-order chi connectivity index (χ1) is 8.96. The molecule has 5 heteroatoms. The largest absolute Gasteiger partial charge is 0.481 e. The summed E-state index contributed by atoms with van der Waals surface area (Å²) in [7, 11) is 1.57. The van der Waals surface area contributed by atoms with Crippen molar-refractivity contribution in [1.82, 2.24) is 4.98 Å². The number of hydrogen-bond acceptors (Lipinski definition) is 4. The van der Waals surface area contributed by atoms with Gasteiger partial charge in [0.25, 0.3) is 5.91 Å². The lowest BCUT2D eigenvalue weighted by molar-refractivity contribution is -0.139. The molecule has 0 radical (unpaired) electrons. The van der Waals surface area contributed by atoms with Crippen molar-refractivity contribution in [3.05, 3.63) is 17.8 Å². The van der Waals surface area contributed by atoms with Gasteiger partial charge in [-0.25, -0.2) is 4.98 Å². The van der Waals surface area contributed by atoms with E-state index in [1.54, 1.807) is 20.2 Å². The van der Waals surface area contributed by atoms with Gasteiger partial charge in [0.2, 0.25) is 5.88 Å². The average Bonchev–Trinajstić information content (AvgIpc) is 2.39. The SMILES string of the molecule is CCO[C@](C)(CC)C(=O)Nc1cnc(OC)c(C)c1. The van der Waals surface area contributed by atoms with Crippen LogP contribution in [0.4, 0.5) is 5.69 Å². The molecule has 5 nitrogen and oxygen atoms in total. The molecule has 1 aromatic rings. The Kier molecular flexibility index (Phi) is 5.30. The number of nitrogens with one attached hydrogen (secondary N) is 1. The van der Waals surface area contributed by atoms with Crippen LogP contribution < -0.4 is 10.1 Å². The van der Waals surface area contributed by atoms with E-state index < -0.39 is 5.60 Å². The lowest BCUT2D eigenvalue weighted by Crippen LogP contribution is -2.42. The van der Waals surface area contributed by atoms with Gasteiger partial charge in [-0.3, -0.25) is 4.79 Å². The Hall–Kier alpha value is -1.62. The third kappa shape index (κ3) is 3.67. The fraction of sp³-hybridized carbons (Fsp3) is 0.571. The molecule has 0 spiro atoms. The van der Waals surface area contributed by atoms with E-state index in [0.29, 0.717) is 24.6 Å². The molecule has 1 atom stereocenters. The molecule has 1 amide bonds. The number of ether oxygens (including phenoxy) is 2. The number of methoxy groups -OCH3 is 1. The van der Waals surface area contributed by atoms with Crippen LogP contribution >= 0.6 is 0 Å². The second kappa shape index (κ2) is 6.52. The number of pyridine rings is 1. The van der Waals surface area contributed by atoms with E-state index in [9.17, 15) is 4.79 Å². The zero-order chi connectivity index (χ0) is 14.5. The molecular formula is C14H22N2O3. The van der Waals surface area contributed by atoms with E-state index in [1.807, 2.05) is 26.8 Å². The van der Waals surface area contributed by atoms with Gasteiger partial charge in [-0.15, -0.1) is 0 Å². The van der Waals surface area contributed by atoms with E-state index in [4.69, 9.17) is 9.47 Å². The minimum absolute atomic E-state index is 0.164. The minimum Gasteiger partial charge on any atom is -0.481 e. The fourth-order valence-corrected chi connectivity index (χ4v) is 1.75. The zero-order valence-corrected chi connectivity index (χ0v) is 12.2. The molecule has 1 aromatic heterocycles. The molecule has 0 saturated heterocycles. The Balaban J connectivity index is 2.84. The Morgan fingerprint density at radius 1 is 1.47 bits per heavy atom. The number of aryl methyl sites for hydroxylation is 1. The summed E-state index contributed by atoms with van der Waals surface area (Å²) >= 11 is 0. The molecule has 0 aliphatic rings. The van der Waals surface area contributed by atoms with E-state index in [2.05, 4.69) is 10.3 Å². The summed E-state index contributed by atoms with van der Waals surface area (Å²) in [6, 6.07) is 1.83. The van der Waals surface area contributed by atoms with E-state index >= 15 is 0 Å². The molecule has 0 aliphatic heterocycles. The van der Waals surface area contributed by atoms with Crippen molar-refractivity contribution in [1.29, 1.82) is 0 Å². The smallest absolute Gasteiger partial charge is 0.256 e. The molecule has 19 heavy (non-hydrogen) atoms. The number of amides is 1. The van der Waals surface area contributed by atoms with E-state index in [0.717, 1.165) is 5.56 Å². The molecule has 1 heterocycles. The van der Waals surface area contributed by atoms with Crippen LogP contribution in [0.5, 0.6) is 5.88 Å². The lowest BCUT2D eigenvalue weighted by Gasteiger charge is -2.26. The molecule has 1 rings (SSSR count). The van der Waals surface area contributed by atoms with E-state index in [1.165, 1.54) is 0 Å². The summed E-state index contributed by atoms with van der Waals surface area (Å²) in [5.41, 5.74) is 0.695. The van der Waals surface area contributed by atoms with Crippen molar-refractivity contribution in [2.75, 3.05) is 19.0 Å². The van der Waals surface area contributed by atoms with Gasteiger partial charge in [0.15, 0.2) is 0 Å². The Morgan fingerprint density at radius 3 is 2.63 bits per heavy atom. The van der Waals surface area contributed by atoms with Crippen molar-refractivity contribution in [3.63, 3.8) is 0 Å². The van der Waals surface area contributed by atoms with Gasteiger partial charge in [0.1, 0.15) is 5.60 Å². The highest BCUT2D eigenvalue weighted by Crippen LogP contribution is 2.21. The maximum Gasteiger partial charge on any atom is 0.256 e. The molecule has 1 N–H and O–H groups in total. The van der Waals surface area contributed by atoms with Crippen LogP contribution in [0.25, 0.3) is 0 Å². The summed E-state index contributed by atoms with van der Waals surface area (Å²) in [5.74, 6) is 0.393. The number of hydrogen-bond donors (Lipinski definition) is 1. The summed E-state index contributed by atoms with van der Waals surface area (Å²) < 4.78 is 10.6. The first kappa shape index (κ1) is 15.4. The first-order valence-corrected chi connectivity index (χ1v) is 6.42. The summed E-state index contributed by atoms with van der Waals surface area (Å²) in [6.45, 7) is 7.96. The monoisotopic (exact) mass is 266 g/mol. The predicted octanol–water partition coefficient (Wildman–Crippen LogP) is 2.54. The normalized spacial score (nSPS) is 13.7. The van der Waals surface area contributed by atoms with Crippen molar-refractivity contribution >= 4 is 11.6 Å². The van der Waals surface area contributed by atoms with Gasteiger partial charge < -0.3 is 14.8 Å². The van der Waals surface area contributed by atoms with Crippen molar-refractivity contribution in [3.8, 4) is 5.88 Å². The summed E-state index contributed by atoms with van der Waals surface area (Å²) in [6.07, 6.45) is 2.18. The molecular weight excluding hydrogens is 244 g/mol. The Labute approximate surface area is 114 Å². The number of carbonyl (C=O) groups is 1. The van der Waals surface area contributed by atoms with Crippen LogP contribution in [0.15, 0.2) is 12.3 Å². The van der Waals surface area contributed by atoms with Crippen LogP contribution in [0.3, 0.4) is 0 Å². The van der Waals surface area contributed by atoms with Gasteiger partial charge in [0.05, 0.1) is 19.0 Å². The molecule has 0 fully saturated rings. The van der Waals surface area contributed by atoms with E-state index in [-0.39, 0.29) is 5.91 Å². The van der Waals surface area contributed by atoms with Crippen molar-refractivity contribution in [2.24, 2.45) is 0 Å². The quantitative estimate of drug-likeness (QED) is 0.859. The Morgan fingerprint density at radius 2 is 2.16 bits per heavy atom. The number of aromatic nitrogens is 1. The number of anilines is 1. The zero-order valence-electron chi connectivity index (χ0n) is 12.2. The standard InChI is InChI=1S/C14H22N2O3/c1-6-14(4,19-7-2)13(17)16-11-8-10(3)12(18-5)15-9-11/h8-9H,6-7H2,1-5H3,(H,16,17)/t14-/m1/s1. The van der Waals surface area contributed by atoms with Crippen LogP contribution in [0, 0.1) is 6.92 Å². The van der Waals surface area contributed by atoms with Crippen molar-refractivity contribution < 1.29 is 14.3 Å². The fourth-order valence-electron chi connectivity index (χ4n) is 1.75. The number of rotatable bonds is 6. The molecule has 0 unspecified atom stereocenters. The lowest BCUT2D eigenvalue weighted by atomic mass is 10.0. The number of nitrogens with zero attached hydrogens (tertiary/aromatic N) is 1. The summed E-state index contributed by atoms with van der Waals surface area (Å²) in [5, 5.41) is 2.83. The first-order valence-electron chi connectivity index (χ1n) is 6.42. The third-order valence-electron chi connectivity index (χ3n) is 3.10. The van der Waals surface area contributed by atoms with Crippen LogP contribution in [-0.4, -0.2) is 30.2 Å². The number of carbonyl (C=O) groups excluding carboxylic acids is 1. The second-order valence-electron chi connectivity index (χ2n) is 4.52. The molecule has 0 aromatic carbocycles. The van der Waals surface area contributed by atoms with Gasteiger partial charge >= 0.3 is 0 Å². The molecule has 106 valence electrons. The van der Waals surface area contributed by atoms with Gasteiger partial charge in [-0.1, -0.05) is 6.92 Å². The van der Waals surface area contributed by atoms with Gasteiger partial charge in [-0.2, -0.15) is 0 Å². The Bertz CT molecular complexity index is 448. The van der Waals surface area contributed by atoms with Crippen LogP contribution in [0.2, 0.25) is 0 Å². The molecule has 0 aliphatic carbocycles. The highest BCUT2D eigenvalue weighted by atomic mass is 16.5. The maximum absolute atomic E-state index is 12.2. The highest BCUT2D eigenvalue weighted by molar-refractivity contribution is 5.97. The predicted molar refractivity (Wildman–Crippen MR) is 74.5 cm³/mol. The van der Waals surface area contributed by atoms with Crippen LogP contribution in [-0.2, 0) is 9.53 Å². The maximum atomic E-state index is 12.2.